The first kappa shape index (κ1) is 18.1. The van der Waals surface area contributed by atoms with E-state index in [1.165, 1.54) is 0 Å². The zero-order chi connectivity index (χ0) is 19.1. The molecule has 9 nitrogen and oxygen atoms in total. The van der Waals surface area contributed by atoms with Crippen LogP contribution >= 0.6 is 0 Å². The van der Waals surface area contributed by atoms with Crippen molar-refractivity contribution in [2.75, 3.05) is 19.6 Å². The fraction of sp³-hybridized carbons (Fsp3) is 0.529. The average Bonchev–Trinajstić information content (AvgIpc) is 3.02. The van der Waals surface area contributed by atoms with Crippen molar-refractivity contribution in [3.8, 4) is 11.5 Å². The molecule has 2 saturated heterocycles. The lowest BCUT2D eigenvalue weighted by Crippen LogP contribution is -2.59. The lowest BCUT2D eigenvalue weighted by molar-refractivity contribution is -0.142. The van der Waals surface area contributed by atoms with Gasteiger partial charge in [0.05, 0.1) is 19.1 Å². The Morgan fingerprint density at radius 3 is 2.81 bits per heavy atom. The molecule has 0 unspecified atom stereocenters. The summed E-state index contributed by atoms with van der Waals surface area (Å²) in [7, 11) is -1.02. The first-order valence-electron chi connectivity index (χ1n) is 9.10. The number of rotatable bonds is 4. The summed E-state index contributed by atoms with van der Waals surface area (Å²) in [6.07, 6.45) is 1.30. The van der Waals surface area contributed by atoms with Crippen LogP contribution in [-0.4, -0.2) is 71.8 Å². The number of benzene rings is 1. The van der Waals surface area contributed by atoms with Crippen LogP contribution in [0.5, 0.6) is 11.5 Å². The molecule has 1 amide bonds. The lowest BCUT2D eigenvalue weighted by atomic mass is 9.78. The maximum Gasteiger partial charge on any atom is 0.522 e. The quantitative estimate of drug-likeness (QED) is 0.497. The molecule has 0 bridgehead atoms. The number of nitrogens with zero attached hydrogens (tertiary/aromatic N) is 1. The van der Waals surface area contributed by atoms with Gasteiger partial charge in [-0.3, -0.25) is 4.79 Å². The van der Waals surface area contributed by atoms with Crippen molar-refractivity contribution in [1.82, 2.24) is 10.2 Å². The van der Waals surface area contributed by atoms with E-state index in [4.69, 9.17) is 15.1 Å². The average molecular weight is 375 g/mol. The van der Waals surface area contributed by atoms with Crippen LogP contribution in [0.4, 0.5) is 0 Å². The molecule has 144 valence electrons. The van der Waals surface area contributed by atoms with E-state index in [1.807, 2.05) is 0 Å². The van der Waals surface area contributed by atoms with Crippen LogP contribution in [0.25, 0.3) is 0 Å². The molecule has 27 heavy (non-hydrogen) atoms. The topological polar surface area (TPSA) is 134 Å². The summed E-state index contributed by atoms with van der Waals surface area (Å²) >= 11 is 0. The van der Waals surface area contributed by atoms with Gasteiger partial charge in [-0.2, -0.15) is 0 Å². The van der Waals surface area contributed by atoms with Crippen LogP contribution in [0.3, 0.4) is 0 Å². The number of carboxylic acids is 1. The van der Waals surface area contributed by atoms with Crippen LogP contribution in [0.1, 0.15) is 22.3 Å². The van der Waals surface area contributed by atoms with Gasteiger partial charge < -0.3 is 35.5 Å². The normalized spacial score (nSPS) is 24.8. The number of ether oxygens (including phenoxy) is 1. The van der Waals surface area contributed by atoms with Crippen molar-refractivity contribution >= 4 is 19.0 Å². The van der Waals surface area contributed by atoms with Gasteiger partial charge in [0.2, 0.25) is 5.91 Å². The minimum Gasteiger partial charge on any atom is -0.535 e. The Morgan fingerprint density at radius 2 is 2.15 bits per heavy atom. The number of aryl methyl sites for hydroxylation is 1. The van der Waals surface area contributed by atoms with Crippen molar-refractivity contribution in [1.29, 1.82) is 0 Å². The predicted octanol–water partition coefficient (Wildman–Crippen LogP) is -0.921. The Kier molecular flexibility index (Phi) is 4.71. The van der Waals surface area contributed by atoms with Crippen molar-refractivity contribution in [3.63, 3.8) is 0 Å². The molecule has 3 heterocycles. The third-order valence-corrected chi connectivity index (χ3v) is 5.25. The van der Waals surface area contributed by atoms with Crippen molar-refractivity contribution in [3.05, 3.63) is 23.3 Å². The number of aromatic carboxylic acids is 1. The third kappa shape index (κ3) is 3.47. The summed E-state index contributed by atoms with van der Waals surface area (Å²) in [5, 5.41) is 22.4. The highest BCUT2D eigenvalue weighted by molar-refractivity contribution is 6.44. The number of amides is 1. The molecule has 0 aliphatic carbocycles. The second-order valence-corrected chi connectivity index (χ2v) is 7.28. The van der Waals surface area contributed by atoms with Crippen molar-refractivity contribution < 1.29 is 29.1 Å². The molecule has 4 rings (SSSR count). The number of nitrogens with one attached hydrogen (secondary N) is 1. The minimum absolute atomic E-state index is 0.00171. The fourth-order valence-corrected chi connectivity index (χ4v) is 3.76. The summed E-state index contributed by atoms with van der Waals surface area (Å²) in [4.78, 5) is 25.8. The molecule has 0 spiro atoms. The molecule has 2 atom stereocenters. The number of nitrogens with two attached hydrogens (primary N) is 1. The highest BCUT2D eigenvalue weighted by Crippen LogP contribution is 2.37. The first-order chi connectivity index (χ1) is 12.9. The van der Waals surface area contributed by atoms with Crippen LogP contribution in [0, 0.1) is 0 Å². The molecule has 0 radical (unpaired) electrons. The van der Waals surface area contributed by atoms with Crippen LogP contribution < -0.4 is 20.4 Å². The molecule has 3 aliphatic heterocycles. The standard InChI is InChI=1S/C17H22BN3O6/c19-10-5-12(20-6-10)16(22)21-7-11(8-21)26-13-2-1-9-3-4-18(25)27-15(9)14(13)17(23)24/h1-2,10-12,20,25H,3-8,19H2,(H,23,24)/t10-,12-/m0/s1. The van der Waals surface area contributed by atoms with Gasteiger partial charge in [0.15, 0.2) is 0 Å². The zero-order valence-corrected chi connectivity index (χ0v) is 14.8. The van der Waals surface area contributed by atoms with E-state index in [1.54, 1.807) is 17.0 Å². The van der Waals surface area contributed by atoms with E-state index in [9.17, 15) is 19.7 Å². The fourth-order valence-electron chi connectivity index (χ4n) is 3.76. The molecule has 3 aliphatic rings. The molecule has 1 aromatic carbocycles. The monoisotopic (exact) mass is 375 g/mol. The van der Waals surface area contributed by atoms with Crippen LogP contribution in [-0.2, 0) is 11.2 Å². The van der Waals surface area contributed by atoms with Gasteiger partial charge in [-0.1, -0.05) is 6.07 Å². The summed E-state index contributed by atoms with van der Waals surface area (Å²) in [5.41, 5.74) is 6.47. The van der Waals surface area contributed by atoms with Gasteiger partial charge >= 0.3 is 13.1 Å². The SMILES string of the molecule is N[C@@H]1CN[C@H](C(=O)N2CC(Oc3ccc4c(c3C(=O)O)OB(O)CC4)C2)C1. The maximum absolute atomic E-state index is 12.4. The highest BCUT2D eigenvalue weighted by Gasteiger charge is 2.39. The number of hydrogen-bond donors (Lipinski definition) is 4. The van der Waals surface area contributed by atoms with Crippen molar-refractivity contribution in [2.24, 2.45) is 5.73 Å². The second-order valence-electron chi connectivity index (χ2n) is 7.28. The molecule has 10 heteroatoms. The van der Waals surface area contributed by atoms with Gasteiger partial charge in [-0.15, -0.1) is 0 Å². The van der Waals surface area contributed by atoms with Crippen LogP contribution in [0.15, 0.2) is 12.1 Å². The van der Waals surface area contributed by atoms with E-state index in [2.05, 4.69) is 5.32 Å². The molecule has 1 aromatic rings. The molecule has 0 saturated carbocycles. The van der Waals surface area contributed by atoms with Gasteiger partial charge in [-0.05, 0) is 30.8 Å². The number of carboxylic acid groups (broad SMARTS) is 1. The van der Waals surface area contributed by atoms with Crippen molar-refractivity contribution in [2.45, 2.75) is 37.3 Å². The van der Waals surface area contributed by atoms with E-state index in [0.717, 1.165) is 5.56 Å². The Labute approximate surface area is 156 Å². The van der Waals surface area contributed by atoms with Gasteiger partial charge in [0.25, 0.3) is 0 Å². The number of fused-ring (bicyclic) bond motifs is 1. The van der Waals surface area contributed by atoms with Gasteiger partial charge in [0, 0.05) is 12.6 Å². The number of carbonyl (C=O) groups is 2. The molecular weight excluding hydrogens is 353 g/mol. The molecule has 2 fully saturated rings. The van der Waals surface area contributed by atoms with E-state index in [-0.39, 0.29) is 41.2 Å². The second kappa shape index (κ2) is 7.03. The summed E-state index contributed by atoms with van der Waals surface area (Å²) in [6, 6.07) is 3.12. The van der Waals surface area contributed by atoms with E-state index >= 15 is 0 Å². The molecular formula is C17H22BN3O6. The molecule has 0 aromatic heterocycles. The largest absolute Gasteiger partial charge is 0.535 e. The predicted molar refractivity (Wildman–Crippen MR) is 95.9 cm³/mol. The Morgan fingerprint density at radius 1 is 1.37 bits per heavy atom. The molecule has 5 N–H and O–H groups in total. The summed E-state index contributed by atoms with van der Waals surface area (Å²) in [6.45, 7) is 1.42. The summed E-state index contributed by atoms with van der Waals surface area (Å²) in [5.74, 6) is -0.825. The number of carbonyl (C=O) groups excluding carboxylic acids is 1. The van der Waals surface area contributed by atoms with Gasteiger partial charge in [0.1, 0.15) is 23.2 Å². The highest BCUT2D eigenvalue weighted by atomic mass is 16.5. The smallest absolute Gasteiger partial charge is 0.522 e. The third-order valence-electron chi connectivity index (χ3n) is 5.25. The number of likely N-dealkylation sites (tertiary alicyclic amines) is 1. The Bertz CT molecular complexity index is 769. The zero-order valence-electron chi connectivity index (χ0n) is 14.8. The van der Waals surface area contributed by atoms with Gasteiger partial charge in [-0.25, -0.2) is 4.79 Å². The maximum atomic E-state index is 12.4. The number of hydrogen-bond acceptors (Lipinski definition) is 7. The Hall–Kier alpha value is -2.30. The van der Waals surface area contributed by atoms with E-state index < -0.39 is 13.1 Å². The minimum atomic E-state index is -1.17. The van der Waals surface area contributed by atoms with Crippen LogP contribution in [0.2, 0.25) is 6.32 Å². The Balaban J connectivity index is 1.43. The lowest BCUT2D eigenvalue weighted by Gasteiger charge is -2.40. The summed E-state index contributed by atoms with van der Waals surface area (Å²) < 4.78 is 11.2. The first-order valence-corrected chi connectivity index (χ1v) is 9.10. The van der Waals surface area contributed by atoms with E-state index in [0.29, 0.717) is 38.8 Å².